The highest BCUT2D eigenvalue weighted by Crippen LogP contribution is 2.35. The molecule has 0 saturated carbocycles. The van der Waals surface area contributed by atoms with Crippen molar-refractivity contribution < 1.29 is 9.53 Å². The number of benzene rings is 1. The predicted octanol–water partition coefficient (Wildman–Crippen LogP) is 5.33. The lowest BCUT2D eigenvalue weighted by atomic mass is 10.0. The van der Waals surface area contributed by atoms with E-state index in [4.69, 9.17) is 16.3 Å². The summed E-state index contributed by atoms with van der Waals surface area (Å²) in [5, 5.41) is 4.22. The minimum atomic E-state index is -0.101. The van der Waals surface area contributed by atoms with E-state index >= 15 is 0 Å². The second-order valence-corrected chi connectivity index (χ2v) is 7.98. The van der Waals surface area contributed by atoms with Crippen molar-refractivity contribution in [1.29, 1.82) is 0 Å². The number of fused-ring (bicyclic) bond motifs is 1. The lowest BCUT2D eigenvalue weighted by Crippen LogP contribution is -2.17. The van der Waals surface area contributed by atoms with Crippen LogP contribution in [-0.2, 0) is 0 Å². The van der Waals surface area contributed by atoms with Crippen LogP contribution < -0.4 is 10.1 Å². The van der Waals surface area contributed by atoms with Gasteiger partial charge in [-0.2, -0.15) is 0 Å². The summed E-state index contributed by atoms with van der Waals surface area (Å²) in [6.07, 6.45) is 3.87. The second-order valence-electron chi connectivity index (χ2n) is 7.57. The number of hydrogen-bond acceptors (Lipinski definition) is 3. The third-order valence-corrected chi connectivity index (χ3v) is 4.82. The first-order valence-electron chi connectivity index (χ1n) is 9.47. The third kappa shape index (κ3) is 3.99. The van der Waals surface area contributed by atoms with Crippen LogP contribution in [0.4, 0.5) is 0 Å². The summed E-state index contributed by atoms with van der Waals surface area (Å²) in [5.41, 5.74) is 3.58. The topological polar surface area (TPSA) is 56.1 Å². The molecular formula is C22H26ClN3O2. The molecule has 0 fully saturated rings. The number of hydrogen-bond donors (Lipinski definition) is 1. The maximum absolute atomic E-state index is 12.0. The van der Waals surface area contributed by atoms with Gasteiger partial charge in [0.1, 0.15) is 5.02 Å². The lowest BCUT2D eigenvalue weighted by Gasteiger charge is -2.10. The third-order valence-electron chi connectivity index (χ3n) is 4.55. The first-order valence-corrected chi connectivity index (χ1v) is 9.85. The number of aromatic nitrogens is 2. The van der Waals surface area contributed by atoms with Crippen molar-refractivity contribution in [3.05, 3.63) is 47.2 Å². The number of rotatable bonds is 6. The highest BCUT2D eigenvalue weighted by atomic mass is 35.5. The number of carbonyl (C=O) groups excluding carboxylic acids is 1. The van der Waals surface area contributed by atoms with Gasteiger partial charge in [-0.3, -0.25) is 4.79 Å². The average molecular weight is 400 g/mol. The van der Waals surface area contributed by atoms with Gasteiger partial charge in [0.25, 0.3) is 5.91 Å². The van der Waals surface area contributed by atoms with Crippen LogP contribution in [0.1, 0.15) is 44.1 Å². The first kappa shape index (κ1) is 20.2. The van der Waals surface area contributed by atoms with Crippen molar-refractivity contribution in [3.63, 3.8) is 0 Å². The van der Waals surface area contributed by atoms with Crippen molar-refractivity contribution in [2.45, 2.75) is 33.7 Å². The van der Waals surface area contributed by atoms with Crippen LogP contribution in [0.25, 0.3) is 22.0 Å². The van der Waals surface area contributed by atoms with Gasteiger partial charge in [0.2, 0.25) is 5.88 Å². The zero-order valence-corrected chi connectivity index (χ0v) is 17.7. The van der Waals surface area contributed by atoms with Gasteiger partial charge in [0, 0.05) is 53.1 Å². The summed E-state index contributed by atoms with van der Waals surface area (Å²) in [7, 11) is 1.63. The van der Waals surface area contributed by atoms with Crippen molar-refractivity contribution in [2.24, 2.45) is 5.92 Å². The van der Waals surface area contributed by atoms with E-state index in [1.165, 1.54) is 0 Å². The molecule has 2 heterocycles. The maximum Gasteiger partial charge on any atom is 0.251 e. The number of halogens is 1. The van der Waals surface area contributed by atoms with Gasteiger partial charge in [0.15, 0.2) is 0 Å². The van der Waals surface area contributed by atoms with Gasteiger partial charge in [0.05, 0.1) is 6.61 Å². The average Bonchev–Trinajstić information content (AvgIpc) is 3.05. The van der Waals surface area contributed by atoms with Crippen LogP contribution >= 0.6 is 11.6 Å². The van der Waals surface area contributed by atoms with Gasteiger partial charge in [-0.15, -0.1) is 0 Å². The van der Waals surface area contributed by atoms with E-state index in [1.54, 1.807) is 13.2 Å². The fraction of sp³-hybridized carbons (Fsp3) is 0.364. The highest BCUT2D eigenvalue weighted by Gasteiger charge is 2.16. The fourth-order valence-electron chi connectivity index (χ4n) is 3.12. The van der Waals surface area contributed by atoms with Crippen molar-refractivity contribution in [3.8, 4) is 17.0 Å². The molecule has 1 N–H and O–H groups in total. The standard InChI is InChI=1S/C22H26ClN3O2/c1-13(2)12-28-22-19(23)8-16(10-25-22)18-11-26(14(3)4)20-9-15(21(27)24-5)6-7-17(18)20/h6-11,13-14H,12H2,1-5H3,(H,24,27). The van der Waals surface area contributed by atoms with Gasteiger partial charge >= 0.3 is 0 Å². The Morgan fingerprint density at radius 3 is 2.61 bits per heavy atom. The van der Waals surface area contributed by atoms with E-state index in [0.717, 1.165) is 22.0 Å². The Balaban J connectivity index is 2.08. The lowest BCUT2D eigenvalue weighted by molar-refractivity contribution is 0.0963. The van der Waals surface area contributed by atoms with E-state index in [9.17, 15) is 4.79 Å². The molecule has 1 amide bonds. The summed E-state index contributed by atoms with van der Waals surface area (Å²) in [4.78, 5) is 16.5. The van der Waals surface area contributed by atoms with Gasteiger partial charge in [-0.25, -0.2) is 4.98 Å². The van der Waals surface area contributed by atoms with Gasteiger partial charge in [-0.05, 0) is 38.0 Å². The summed E-state index contributed by atoms with van der Waals surface area (Å²) < 4.78 is 7.84. The SMILES string of the molecule is CNC(=O)c1ccc2c(-c3cnc(OCC(C)C)c(Cl)c3)cn(C(C)C)c2c1. The molecule has 3 rings (SSSR count). The monoisotopic (exact) mass is 399 g/mol. The molecule has 0 unspecified atom stereocenters. The molecule has 6 heteroatoms. The molecule has 0 atom stereocenters. The van der Waals surface area contributed by atoms with Crippen LogP contribution in [-0.4, -0.2) is 29.1 Å². The molecule has 1 aromatic carbocycles. The van der Waals surface area contributed by atoms with E-state index in [-0.39, 0.29) is 11.9 Å². The maximum atomic E-state index is 12.0. The molecule has 0 aliphatic heterocycles. The Labute approximate surface area is 170 Å². The minimum Gasteiger partial charge on any atom is -0.476 e. The summed E-state index contributed by atoms with van der Waals surface area (Å²) in [6, 6.07) is 7.87. The second kappa shape index (κ2) is 8.23. The molecular weight excluding hydrogens is 374 g/mol. The summed E-state index contributed by atoms with van der Waals surface area (Å²) in [6.45, 7) is 8.96. The van der Waals surface area contributed by atoms with E-state index in [2.05, 4.69) is 48.8 Å². The van der Waals surface area contributed by atoms with Gasteiger partial charge < -0.3 is 14.6 Å². The highest BCUT2D eigenvalue weighted by molar-refractivity contribution is 6.32. The zero-order chi connectivity index (χ0) is 20.4. The van der Waals surface area contributed by atoms with Crippen LogP contribution in [0.15, 0.2) is 36.7 Å². The fourth-order valence-corrected chi connectivity index (χ4v) is 3.34. The van der Waals surface area contributed by atoms with Crippen LogP contribution in [0, 0.1) is 5.92 Å². The number of ether oxygens (including phenoxy) is 1. The molecule has 0 aliphatic carbocycles. The molecule has 2 aromatic heterocycles. The quantitative estimate of drug-likeness (QED) is 0.609. The number of pyridine rings is 1. The molecule has 0 spiro atoms. The zero-order valence-electron chi connectivity index (χ0n) is 16.9. The molecule has 5 nitrogen and oxygen atoms in total. The normalized spacial score (nSPS) is 11.4. The van der Waals surface area contributed by atoms with Crippen molar-refractivity contribution >= 4 is 28.4 Å². The number of nitrogens with zero attached hydrogens (tertiary/aromatic N) is 2. The van der Waals surface area contributed by atoms with E-state index < -0.39 is 0 Å². The summed E-state index contributed by atoms with van der Waals surface area (Å²) in [5.74, 6) is 0.751. The largest absolute Gasteiger partial charge is 0.476 e. The summed E-state index contributed by atoms with van der Waals surface area (Å²) >= 11 is 6.42. The Bertz CT molecular complexity index is 1010. The Hall–Kier alpha value is -2.53. The molecule has 0 radical (unpaired) electrons. The first-order chi connectivity index (χ1) is 13.3. The number of carbonyl (C=O) groups is 1. The number of nitrogens with one attached hydrogen (secondary N) is 1. The van der Waals surface area contributed by atoms with Crippen LogP contribution in [0.3, 0.4) is 0 Å². The molecule has 0 aliphatic rings. The van der Waals surface area contributed by atoms with Gasteiger partial charge in [-0.1, -0.05) is 31.5 Å². The molecule has 28 heavy (non-hydrogen) atoms. The molecule has 148 valence electrons. The predicted molar refractivity (Wildman–Crippen MR) is 114 cm³/mol. The molecule has 3 aromatic rings. The number of amides is 1. The molecule has 0 saturated heterocycles. The Morgan fingerprint density at radius 1 is 1.25 bits per heavy atom. The Kier molecular flexibility index (Phi) is 5.94. The minimum absolute atomic E-state index is 0.101. The van der Waals surface area contributed by atoms with E-state index in [1.807, 2.05) is 24.3 Å². The van der Waals surface area contributed by atoms with Crippen LogP contribution in [0.5, 0.6) is 5.88 Å². The van der Waals surface area contributed by atoms with Crippen molar-refractivity contribution in [2.75, 3.05) is 13.7 Å². The van der Waals surface area contributed by atoms with Crippen molar-refractivity contribution in [1.82, 2.24) is 14.9 Å². The molecule has 0 bridgehead atoms. The van der Waals surface area contributed by atoms with Crippen LogP contribution in [0.2, 0.25) is 5.02 Å². The smallest absolute Gasteiger partial charge is 0.251 e. The Morgan fingerprint density at radius 2 is 2.00 bits per heavy atom. The van der Waals surface area contributed by atoms with E-state index in [0.29, 0.717) is 29.0 Å².